The first-order valence-electron chi connectivity index (χ1n) is 5.09. The Morgan fingerprint density at radius 3 is 2.73 bits per heavy atom. The Labute approximate surface area is 94.3 Å². The second-order valence-corrected chi connectivity index (χ2v) is 4.05. The molecule has 1 N–H and O–H groups in total. The van der Waals surface area contributed by atoms with Gasteiger partial charge in [0.1, 0.15) is 0 Å². The van der Waals surface area contributed by atoms with Gasteiger partial charge in [-0.1, -0.05) is 35.9 Å². The van der Waals surface area contributed by atoms with Gasteiger partial charge in [0.15, 0.2) is 0 Å². The second-order valence-electron chi connectivity index (χ2n) is 3.61. The first-order chi connectivity index (χ1) is 7.31. The van der Waals surface area contributed by atoms with E-state index in [2.05, 4.69) is 12.1 Å². The maximum atomic E-state index is 8.84. The van der Waals surface area contributed by atoms with Crippen LogP contribution in [0.1, 0.15) is 12.0 Å². The minimum Gasteiger partial charge on any atom is -0.396 e. The number of hydrogen-bond donors (Lipinski definition) is 1. The molecule has 0 aromatic heterocycles. The zero-order valence-corrected chi connectivity index (χ0v) is 9.17. The first-order valence-corrected chi connectivity index (χ1v) is 5.47. The number of hydrogen-bond acceptors (Lipinski definition) is 1. The van der Waals surface area contributed by atoms with Crippen LogP contribution in [0.4, 0.5) is 0 Å². The molecule has 0 saturated carbocycles. The van der Waals surface area contributed by atoms with Gasteiger partial charge in [0.2, 0.25) is 0 Å². The third kappa shape index (κ3) is 2.31. The van der Waals surface area contributed by atoms with Crippen molar-refractivity contribution in [2.24, 2.45) is 0 Å². The molecular weight excluding hydrogens is 208 g/mol. The van der Waals surface area contributed by atoms with E-state index in [1.54, 1.807) is 0 Å². The number of rotatable bonds is 3. The van der Waals surface area contributed by atoms with E-state index in [4.69, 9.17) is 16.7 Å². The molecule has 78 valence electrons. The Morgan fingerprint density at radius 1 is 1.13 bits per heavy atom. The number of fused-ring (bicyclic) bond motifs is 1. The molecule has 15 heavy (non-hydrogen) atoms. The molecular formula is C13H13ClO. The van der Waals surface area contributed by atoms with E-state index in [1.807, 2.05) is 24.3 Å². The lowest BCUT2D eigenvalue weighted by atomic mass is 10.0. The van der Waals surface area contributed by atoms with Gasteiger partial charge in [-0.25, -0.2) is 0 Å². The van der Waals surface area contributed by atoms with E-state index in [0.29, 0.717) is 0 Å². The van der Waals surface area contributed by atoms with Crippen molar-refractivity contribution in [1.82, 2.24) is 0 Å². The molecule has 0 unspecified atom stereocenters. The third-order valence-corrected chi connectivity index (χ3v) is 2.73. The van der Waals surface area contributed by atoms with Gasteiger partial charge in [0.05, 0.1) is 0 Å². The molecule has 0 fully saturated rings. The van der Waals surface area contributed by atoms with E-state index < -0.39 is 0 Å². The fourth-order valence-corrected chi connectivity index (χ4v) is 2.08. The van der Waals surface area contributed by atoms with Gasteiger partial charge in [-0.2, -0.15) is 0 Å². The highest BCUT2D eigenvalue weighted by molar-refractivity contribution is 6.31. The van der Waals surface area contributed by atoms with Crippen molar-refractivity contribution in [3.63, 3.8) is 0 Å². The predicted octanol–water partition coefficient (Wildman–Crippen LogP) is 3.42. The van der Waals surface area contributed by atoms with Gasteiger partial charge in [-0.3, -0.25) is 0 Å². The summed E-state index contributed by atoms with van der Waals surface area (Å²) in [5.74, 6) is 0. The number of aliphatic hydroxyl groups is 1. The third-order valence-electron chi connectivity index (χ3n) is 2.52. The molecule has 2 rings (SSSR count). The minimum atomic E-state index is 0.223. The van der Waals surface area contributed by atoms with Crippen molar-refractivity contribution in [3.8, 4) is 0 Å². The van der Waals surface area contributed by atoms with Crippen LogP contribution >= 0.6 is 11.6 Å². The van der Waals surface area contributed by atoms with Crippen LogP contribution < -0.4 is 0 Å². The Bertz CT molecular complexity index is 465. The fourth-order valence-electron chi connectivity index (χ4n) is 1.83. The van der Waals surface area contributed by atoms with E-state index >= 15 is 0 Å². The van der Waals surface area contributed by atoms with Crippen LogP contribution in [0.15, 0.2) is 36.4 Å². The summed E-state index contributed by atoms with van der Waals surface area (Å²) in [6, 6.07) is 12.1. The summed E-state index contributed by atoms with van der Waals surface area (Å²) in [4.78, 5) is 0. The molecule has 0 aliphatic carbocycles. The monoisotopic (exact) mass is 220 g/mol. The Balaban J connectivity index is 2.50. The molecule has 0 spiro atoms. The molecule has 2 aromatic carbocycles. The molecule has 0 saturated heterocycles. The summed E-state index contributed by atoms with van der Waals surface area (Å²) in [5, 5.41) is 12.0. The van der Waals surface area contributed by atoms with Crippen molar-refractivity contribution < 1.29 is 5.11 Å². The maximum Gasteiger partial charge on any atom is 0.0434 e. The van der Waals surface area contributed by atoms with Crippen LogP contribution in [-0.4, -0.2) is 11.7 Å². The number of halogens is 1. The van der Waals surface area contributed by atoms with Crippen molar-refractivity contribution in [2.45, 2.75) is 12.8 Å². The van der Waals surface area contributed by atoms with Crippen LogP contribution in [0.5, 0.6) is 0 Å². The maximum absolute atomic E-state index is 8.84. The number of benzene rings is 2. The Morgan fingerprint density at radius 2 is 1.93 bits per heavy atom. The zero-order chi connectivity index (χ0) is 10.7. The predicted molar refractivity (Wildman–Crippen MR) is 64.4 cm³/mol. The van der Waals surface area contributed by atoms with Crippen LogP contribution in [0, 0.1) is 0 Å². The van der Waals surface area contributed by atoms with Crippen molar-refractivity contribution in [1.29, 1.82) is 0 Å². The Kier molecular flexibility index (Phi) is 3.24. The normalized spacial score (nSPS) is 10.8. The zero-order valence-electron chi connectivity index (χ0n) is 8.41. The number of aryl methyl sites for hydroxylation is 1. The highest BCUT2D eigenvalue weighted by Crippen LogP contribution is 2.24. The molecule has 0 atom stereocenters. The Hall–Kier alpha value is -1.05. The minimum absolute atomic E-state index is 0.223. The van der Waals surface area contributed by atoms with Crippen LogP contribution in [-0.2, 0) is 6.42 Å². The first kappa shape index (κ1) is 10.5. The van der Waals surface area contributed by atoms with Gasteiger partial charge in [0, 0.05) is 11.6 Å². The molecule has 0 bridgehead atoms. The van der Waals surface area contributed by atoms with E-state index in [-0.39, 0.29) is 6.61 Å². The number of aliphatic hydroxyl groups excluding tert-OH is 1. The van der Waals surface area contributed by atoms with Gasteiger partial charge in [0.25, 0.3) is 0 Å². The smallest absolute Gasteiger partial charge is 0.0434 e. The van der Waals surface area contributed by atoms with Gasteiger partial charge in [-0.05, 0) is 41.3 Å². The molecule has 0 amide bonds. The largest absolute Gasteiger partial charge is 0.396 e. The van der Waals surface area contributed by atoms with Crippen molar-refractivity contribution in [3.05, 3.63) is 47.0 Å². The van der Waals surface area contributed by atoms with Crippen molar-refractivity contribution in [2.75, 3.05) is 6.61 Å². The quantitative estimate of drug-likeness (QED) is 0.841. The lowest BCUT2D eigenvalue weighted by molar-refractivity contribution is 0.289. The van der Waals surface area contributed by atoms with Crippen molar-refractivity contribution >= 4 is 22.4 Å². The highest BCUT2D eigenvalue weighted by atomic mass is 35.5. The van der Waals surface area contributed by atoms with E-state index in [9.17, 15) is 0 Å². The summed E-state index contributed by atoms with van der Waals surface area (Å²) in [7, 11) is 0. The standard InChI is InChI=1S/C13H13ClO/c14-12-8-10-4-1-2-6-13(10)11(9-12)5-3-7-15/h1-2,4,6,8-9,15H,3,5,7H2. The summed E-state index contributed by atoms with van der Waals surface area (Å²) in [5.41, 5.74) is 1.21. The average Bonchev–Trinajstić information content (AvgIpc) is 2.25. The van der Waals surface area contributed by atoms with Crippen LogP contribution in [0.2, 0.25) is 5.02 Å². The summed E-state index contributed by atoms with van der Waals surface area (Å²) >= 11 is 6.04. The fraction of sp³-hybridized carbons (Fsp3) is 0.231. The SMILES string of the molecule is OCCCc1cc(Cl)cc2ccccc12. The van der Waals surface area contributed by atoms with Crippen LogP contribution in [0.3, 0.4) is 0 Å². The van der Waals surface area contributed by atoms with E-state index in [1.165, 1.54) is 10.9 Å². The molecule has 0 aliphatic heterocycles. The molecule has 0 aliphatic rings. The second kappa shape index (κ2) is 4.65. The molecule has 0 radical (unpaired) electrons. The van der Waals surface area contributed by atoms with Gasteiger partial charge >= 0.3 is 0 Å². The van der Waals surface area contributed by atoms with E-state index in [0.717, 1.165) is 23.3 Å². The molecule has 2 aromatic rings. The molecule has 2 heteroatoms. The summed E-state index contributed by atoms with van der Waals surface area (Å²) < 4.78 is 0. The van der Waals surface area contributed by atoms with Crippen LogP contribution in [0.25, 0.3) is 10.8 Å². The topological polar surface area (TPSA) is 20.2 Å². The highest BCUT2D eigenvalue weighted by Gasteiger charge is 2.02. The molecule has 1 nitrogen and oxygen atoms in total. The van der Waals surface area contributed by atoms with Gasteiger partial charge < -0.3 is 5.11 Å². The summed E-state index contributed by atoms with van der Waals surface area (Å²) in [6.45, 7) is 0.223. The lowest BCUT2D eigenvalue weighted by Gasteiger charge is -2.06. The molecule has 0 heterocycles. The lowest BCUT2D eigenvalue weighted by Crippen LogP contribution is -1.91. The average molecular weight is 221 g/mol. The summed E-state index contributed by atoms with van der Waals surface area (Å²) in [6.07, 6.45) is 1.65. The van der Waals surface area contributed by atoms with Gasteiger partial charge in [-0.15, -0.1) is 0 Å².